The number of amides is 1. The number of aliphatic hydroxyl groups is 1. The molecule has 3 heterocycles. The highest BCUT2D eigenvalue weighted by Gasteiger charge is 2.49. The van der Waals surface area contributed by atoms with Crippen LogP contribution in [0.25, 0.3) is 5.76 Å². The number of halogens is 2. The van der Waals surface area contributed by atoms with Crippen molar-refractivity contribution in [2.75, 3.05) is 4.90 Å². The quantitative estimate of drug-likeness (QED) is 0.0980. The van der Waals surface area contributed by atoms with E-state index in [1.807, 2.05) is 6.92 Å². The SMILES string of the molecule is C[C@@H]1Cc2cc(C(O)=C3C(=O)C(=O)N(c4nnc(SCc5ccccc5F)s4)[C@H]3c3ccccc3F)ccc2O1. The summed E-state index contributed by atoms with van der Waals surface area (Å²) in [4.78, 5) is 27.8. The third-order valence-electron chi connectivity index (χ3n) is 6.72. The first-order valence-corrected chi connectivity index (χ1v) is 14.2. The lowest BCUT2D eigenvalue weighted by Gasteiger charge is -2.22. The van der Waals surface area contributed by atoms with Gasteiger partial charge < -0.3 is 9.84 Å². The number of aliphatic hydroxyl groups excluding tert-OH is 1. The van der Waals surface area contributed by atoms with Crippen LogP contribution in [0.3, 0.4) is 0 Å². The van der Waals surface area contributed by atoms with Crippen LogP contribution in [0.2, 0.25) is 0 Å². The second-order valence-corrected chi connectivity index (χ2v) is 11.6. The minimum absolute atomic E-state index is 0.0251. The number of ketones is 1. The monoisotopic (exact) mass is 577 g/mol. The summed E-state index contributed by atoms with van der Waals surface area (Å²) in [5.41, 5.74) is 1.42. The predicted molar refractivity (Wildman–Crippen MR) is 147 cm³/mol. The number of thioether (sulfide) groups is 1. The third-order valence-corrected chi connectivity index (χ3v) is 8.83. The van der Waals surface area contributed by atoms with Gasteiger partial charge in [-0.05, 0) is 48.4 Å². The number of nitrogens with zero attached hydrogens (tertiary/aromatic N) is 3. The molecule has 202 valence electrons. The number of hydrogen-bond donors (Lipinski definition) is 1. The van der Waals surface area contributed by atoms with Crippen LogP contribution < -0.4 is 9.64 Å². The molecular formula is C29H21F2N3O4S2. The lowest BCUT2D eigenvalue weighted by molar-refractivity contribution is -0.132. The highest BCUT2D eigenvalue weighted by Crippen LogP contribution is 2.45. The molecule has 0 bridgehead atoms. The van der Waals surface area contributed by atoms with Crippen molar-refractivity contribution in [3.05, 3.63) is 106 Å². The standard InChI is InChI=1S/C29H21F2N3O4S2/c1-15-12-18-13-16(10-11-22(18)38-15)25(35)23-24(19-7-3-5-9-21(19)31)34(27(37)26(23)36)28-32-33-29(40-28)39-14-17-6-2-4-8-20(17)30/h2-11,13,15,24,35H,12,14H2,1H3/t15-,24+/m1/s1. The van der Waals surface area contributed by atoms with Crippen molar-refractivity contribution in [3.8, 4) is 5.75 Å². The minimum Gasteiger partial charge on any atom is -0.507 e. The number of ether oxygens (including phenoxy) is 1. The Morgan fingerprint density at radius 3 is 2.60 bits per heavy atom. The Hall–Kier alpha value is -4.09. The van der Waals surface area contributed by atoms with Gasteiger partial charge in [-0.1, -0.05) is 59.5 Å². The van der Waals surface area contributed by atoms with Gasteiger partial charge in [0.25, 0.3) is 5.78 Å². The number of Topliss-reactive ketones (excluding diaryl/α,β-unsaturated/α-hetero) is 1. The number of aromatic nitrogens is 2. The van der Waals surface area contributed by atoms with Crippen molar-refractivity contribution in [1.29, 1.82) is 0 Å². The van der Waals surface area contributed by atoms with E-state index in [2.05, 4.69) is 10.2 Å². The van der Waals surface area contributed by atoms with Crippen LogP contribution in [0.4, 0.5) is 13.9 Å². The van der Waals surface area contributed by atoms with Crippen LogP contribution in [0.5, 0.6) is 5.75 Å². The van der Waals surface area contributed by atoms with E-state index in [4.69, 9.17) is 4.74 Å². The van der Waals surface area contributed by atoms with Crippen LogP contribution in [-0.4, -0.2) is 33.1 Å². The largest absolute Gasteiger partial charge is 0.507 e. The molecule has 40 heavy (non-hydrogen) atoms. The summed E-state index contributed by atoms with van der Waals surface area (Å²) in [6.07, 6.45) is 0.596. The number of rotatable bonds is 6. The van der Waals surface area contributed by atoms with E-state index in [9.17, 15) is 19.1 Å². The number of fused-ring (bicyclic) bond motifs is 1. The smallest absolute Gasteiger partial charge is 0.301 e. The third kappa shape index (κ3) is 4.65. The molecular weight excluding hydrogens is 556 g/mol. The Balaban J connectivity index is 1.40. The highest BCUT2D eigenvalue weighted by molar-refractivity contribution is 8.00. The Bertz CT molecular complexity index is 1690. The molecule has 0 saturated carbocycles. The first kappa shape index (κ1) is 26.1. The first-order chi connectivity index (χ1) is 19.3. The van der Waals surface area contributed by atoms with Crippen LogP contribution in [0, 0.1) is 11.6 Å². The molecule has 0 spiro atoms. The molecule has 1 N–H and O–H groups in total. The van der Waals surface area contributed by atoms with Gasteiger partial charge in [0.2, 0.25) is 5.13 Å². The highest BCUT2D eigenvalue weighted by atomic mass is 32.2. The topological polar surface area (TPSA) is 92.6 Å². The zero-order chi connectivity index (χ0) is 28.0. The molecule has 2 atom stereocenters. The van der Waals surface area contributed by atoms with Crippen molar-refractivity contribution in [2.45, 2.75) is 35.6 Å². The molecule has 1 amide bonds. The van der Waals surface area contributed by atoms with Gasteiger partial charge in [0.1, 0.15) is 35.3 Å². The Labute approximate surface area is 236 Å². The maximum atomic E-state index is 15.2. The number of anilines is 1. The maximum Gasteiger partial charge on any atom is 0.301 e. The Morgan fingerprint density at radius 1 is 1.07 bits per heavy atom. The Kier molecular flexibility index (Phi) is 6.85. The molecule has 1 saturated heterocycles. The molecule has 11 heteroatoms. The fraction of sp³-hybridized carbons (Fsp3) is 0.172. The van der Waals surface area contributed by atoms with Gasteiger partial charge in [-0.3, -0.25) is 14.5 Å². The zero-order valence-electron chi connectivity index (χ0n) is 21.0. The second-order valence-electron chi connectivity index (χ2n) is 9.38. The molecule has 1 aromatic heterocycles. The van der Waals surface area contributed by atoms with E-state index in [-0.39, 0.29) is 33.9 Å². The van der Waals surface area contributed by atoms with Crippen molar-refractivity contribution in [1.82, 2.24) is 10.2 Å². The van der Waals surface area contributed by atoms with E-state index in [0.29, 0.717) is 27.6 Å². The van der Waals surface area contributed by atoms with Crippen LogP contribution in [-0.2, 0) is 21.8 Å². The number of hydrogen-bond acceptors (Lipinski definition) is 8. The molecule has 0 radical (unpaired) electrons. The van der Waals surface area contributed by atoms with Gasteiger partial charge in [0.15, 0.2) is 4.34 Å². The summed E-state index contributed by atoms with van der Waals surface area (Å²) in [6.45, 7) is 1.92. The van der Waals surface area contributed by atoms with E-state index in [1.54, 1.807) is 42.5 Å². The maximum absolute atomic E-state index is 15.2. The lowest BCUT2D eigenvalue weighted by atomic mass is 9.94. The average molecular weight is 578 g/mol. The van der Waals surface area contributed by atoms with Gasteiger partial charge in [-0.15, -0.1) is 10.2 Å². The number of benzene rings is 3. The fourth-order valence-electron chi connectivity index (χ4n) is 4.86. The summed E-state index contributed by atoms with van der Waals surface area (Å²) in [6, 6.07) is 15.8. The number of carbonyl (C=O) groups excluding carboxylic acids is 2. The lowest BCUT2D eigenvalue weighted by Crippen LogP contribution is -2.29. The van der Waals surface area contributed by atoms with Gasteiger partial charge >= 0.3 is 5.91 Å². The molecule has 2 aliphatic rings. The van der Waals surface area contributed by atoms with Gasteiger partial charge in [-0.2, -0.15) is 0 Å². The minimum atomic E-state index is -1.28. The molecule has 7 nitrogen and oxygen atoms in total. The van der Waals surface area contributed by atoms with E-state index < -0.39 is 29.3 Å². The molecule has 6 rings (SSSR count). The average Bonchev–Trinajstić information content (AvgIpc) is 3.63. The van der Waals surface area contributed by atoms with Crippen molar-refractivity contribution in [2.24, 2.45) is 0 Å². The van der Waals surface area contributed by atoms with Crippen LogP contribution in [0.1, 0.15) is 35.2 Å². The summed E-state index contributed by atoms with van der Waals surface area (Å²) in [7, 11) is 0. The molecule has 0 unspecified atom stereocenters. The first-order valence-electron chi connectivity index (χ1n) is 12.4. The van der Waals surface area contributed by atoms with Gasteiger partial charge in [0.05, 0.1) is 5.57 Å². The summed E-state index contributed by atoms with van der Waals surface area (Å²) < 4.78 is 35.4. The molecule has 2 aliphatic heterocycles. The second kappa shape index (κ2) is 10.5. The fourth-order valence-corrected chi connectivity index (χ4v) is 6.71. The van der Waals surface area contributed by atoms with E-state index >= 15 is 4.39 Å². The summed E-state index contributed by atoms with van der Waals surface area (Å²) >= 11 is 2.24. The number of carbonyl (C=O) groups is 2. The summed E-state index contributed by atoms with van der Waals surface area (Å²) in [5, 5.41) is 19.7. The normalized spacial score (nSPS) is 19.6. The van der Waals surface area contributed by atoms with Crippen molar-refractivity contribution < 1.29 is 28.2 Å². The predicted octanol–water partition coefficient (Wildman–Crippen LogP) is 6.06. The van der Waals surface area contributed by atoms with Crippen LogP contribution in [0.15, 0.2) is 76.6 Å². The van der Waals surface area contributed by atoms with Crippen LogP contribution >= 0.6 is 23.1 Å². The van der Waals surface area contributed by atoms with E-state index in [1.165, 1.54) is 36.0 Å². The summed E-state index contributed by atoms with van der Waals surface area (Å²) in [5.74, 6) is -2.39. The molecule has 1 fully saturated rings. The van der Waals surface area contributed by atoms with Gasteiger partial charge in [0, 0.05) is 23.3 Å². The molecule has 3 aromatic carbocycles. The zero-order valence-corrected chi connectivity index (χ0v) is 22.6. The van der Waals surface area contributed by atoms with Gasteiger partial charge in [-0.25, -0.2) is 8.78 Å². The van der Waals surface area contributed by atoms with Crippen molar-refractivity contribution >= 4 is 45.7 Å². The van der Waals surface area contributed by atoms with Crippen molar-refractivity contribution in [3.63, 3.8) is 0 Å². The molecule has 4 aromatic rings. The van der Waals surface area contributed by atoms with E-state index in [0.717, 1.165) is 21.8 Å². The molecule has 0 aliphatic carbocycles. The Morgan fingerprint density at radius 2 is 1.82 bits per heavy atom.